The zero-order chi connectivity index (χ0) is 34.1. The standard InChI is InChI=1S/C28H13BrN2O13S3/c29-19-17-18(26(45(36,37)38)28(47(42,43)44)27(19)46(39,40)41)25(35)16-12(24(17)34)6-8-14-21(16)31-13-7-5-11-15(20(13)30-14)23(33)10-4-2-1-3-9(10)22(11)32/h1-8,20,30H,(H,36,37,38)(H,39,40,41)(H,42,43,44). The first kappa shape index (κ1) is 31.1. The van der Waals surface area contributed by atoms with Crippen LogP contribution in [0.15, 0.2) is 83.8 Å². The summed E-state index contributed by atoms with van der Waals surface area (Å²) in [6, 6.07) is 7.55. The molecule has 0 bridgehead atoms. The predicted octanol–water partition coefficient (Wildman–Crippen LogP) is 2.78. The number of halogens is 1. The van der Waals surface area contributed by atoms with Gasteiger partial charge in [-0.2, -0.15) is 25.3 Å². The van der Waals surface area contributed by atoms with Crippen LogP contribution in [0.3, 0.4) is 0 Å². The van der Waals surface area contributed by atoms with Gasteiger partial charge in [0.05, 0.1) is 44.3 Å². The van der Waals surface area contributed by atoms with E-state index in [1.54, 1.807) is 12.1 Å². The molecule has 0 radical (unpaired) electrons. The van der Waals surface area contributed by atoms with Crippen molar-refractivity contribution in [3.8, 4) is 0 Å². The molecule has 0 amide bonds. The Morgan fingerprint density at radius 3 is 1.83 bits per heavy atom. The van der Waals surface area contributed by atoms with Gasteiger partial charge in [-0.3, -0.25) is 32.8 Å². The fourth-order valence-corrected chi connectivity index (χ4v) is 10.9. The van der Waals surface area contributed by atoms with E-state index < -0.39 is 101 Å². The van der Waals surface area contributed by atoms with Gasteiger partial charge in [-0.25, -0.2) is 4.99 Å². The molecule has 0 saturated carbocycles. The Morgan fingerprint density at radius 1 is 0.638 bits per heavy atom. The summed E-state index contributed by atoms with van der Waals surface area (Å²) in [6.45, 7) is 0. The molecule has 0 aromatic heterocycles. The highest BCUT2D eigenvalue weighted by atomic mass is 79.9. The molecular weight excluding hydrogens is 748 g/mol. The van der Waals surface area contributed by atoms with Crippen molar-refractivity contribution in [3.05, 3.63) is 97.5 Å². The van der Waals surface area contributed by atoms with Gasteiger partial charge < -0.3 is 5.32 Å². The van der Waals surface area contributed by atoms with Crippen molar-refractivity contribution in [1.82, 2.24) is 0 Å². The first-order valence-corrected chi connectivity index (χ1v) is 18.0. The Bertz CT molecular complexity index is 2600. The van der Waals surface area contributed by atoms with E-state index in [2.05, 4.69) is 26.2 Å². The van der Waals surface area contributed by atoms with Crippen LogP contribution in [0.25, 0.3) is 0 Å². The van der Waals surface area contributed by atoms with Gasteiger partial charge in [0.25, 0.3) is 30.4 Å². The second-order valence-corrected chi connectivity index (χ2v) is 15.4. The number of carbonyl (C=O) groups excluding carboxylic acids is 4. The summed E-state index contributed by atoms with van der Waals surface area (Å²) in [5.41, 5.74) is -3.13. The molecule has 19 heteroatoms. The van der Waals surface area contributed by atoms with Crippen LogP contribution in [-0.2, 0) is 30.4 Å². The molecule has 47 heavy (non-hydrogen) atoms. The molecule has 1 atom stereocenters. The quantitative estimate of drug-likeness (QED) is 0.219. The molecule has 1 heterocycles. The van der Waals surface area contributed by atoms with E-state index in [9.17, 15) is 58.1 Å². The second-order valence-electron chi connectivity index (χ2n) is 10.5. The lowest BCUT2D eigenvalue weighted by atomic mass is 9.76. The fourth-order valence-electron chi connectivity index (χ4n) is 6.11. The minimum Gasteiger partial charge on any atom is -0.371 e. The Labute approximate surface area is 272 Å². The van der Waals surface area contributed by atoms with E-state index >= 15 is 0 Å². The van der Waals surface area contributed by atoms with Crippen molar-refractivity contribution in [2.75, 3.05) is 5.32 Å². The van der Waals surface area contributed by atoms with Crippen LogP contribution in [-0.4, -0.2) is 73.8 Å². The lowest BCUT2D eigenvalue weighted by Crippen LogP contribution is -2.41. The fraction of sp³-hybridized carbons (Fsp3) is 0.0357. The van der Waals surface area contributed by atoms with Gasteiger partial charge >= 0.3 is 0 Å². The first-order valence-electron chi connectivity index (χ1n) is 12.9. The molecule has 3 aromatic carbocycles. The molecule has 238 valence electrons. The summed E-state index contributed by atoms with van der Waals surface area (Å²) in [5.74, 6) is -3.57. The van der Waals surface area contributed by atoms with Crippen LogP contribution in [0.5, 0.6) is 0 Å². The molecule has 0 fully saturated rings. The molecule has 15 nitrogen and oxygen atoms in total. The summed E-state index contributed by atoms with van der Waals surface area (Å²) in [7, 11) is -17.7. The summed E-state index contributed by atoms with van der Waals surface area (Å²) >= 11 is 2.66. The first-order chi connectivity index (χ1) is 21.8. The number of rotatable bonds is 3. The lowest BCUT2D eigenvalue weighted by molar-refractivity contribution is 0.0974. The molecule has 0 spiro atoms. The third-order valence-corrected chi connectivity index (χ3v) is 12.0. The van der Waals surface area contributed by atoms with Crippen molar-refractivity contribution >= 4 is 86.5 Å². The van der Waals surface area contributed by atoms with Crippen molar-refractivity contribution in [2.24, 2.45) is 4.99 Å². The van der Waals surface area contributed by atoms with Crippen LogP contribution in [0.1, 0.15) is 52.6 Å². The number of nitrogens with one attached hydrogen (secondary N) is 1. The van der Waals surface area contributed by atoms with Gasteiger partial charge in [-0.15, -0.1) is 0 Å². The molecule has 3 aromatic rings. The topological polar surface area (TPSA) is 256 Å². The maximum atomic E-state index is 14.1. The van der Waals surface area contributed by atoms with E-state index in [1.165, 1.54) is 30.4 Å². The van der Waals surface area contributed by atoms with Gasteiger partial charge in [-0.05, 0) is 40.2 Å². The highest BCUT2D eigenvalue weighted by Gasteiger charge is 2.47. The number of anilines is 1. The highest BCUT2D eigenvalue weighted by Crippen LogP contribution is 2.48. The number of carbonyl (C=O) groups is 4. The number of fused-ring (bicyclic) bond motifs is 7. The number of aliphatic imine (C=N–C) groups is 1. The number of allylic oxidation sites excluding steroid dienone is 2. The molecule has 1 aliphatic heterocycles. The number of nitrogens with zero attached hydrogens (tertiary/aromatic N) is 1. The lowest BCUT2D eigenvalue weighted by Gasteiger charge is -2.34. The average molecular weight is 762 g/mol. The Balaban J connectivity index is 1.48. The summed E-state index contributed by atoms with van der Waals surface area (Å²) in [6.07, 6.45) is 2.74. The number of ketones is 4. The van der Waals surface area contributed by atoms with Crippen molar-refractivity contribution in [1.29, 1.82) is 0 Å². The van der Waals surface area contributed by atoms with Crippen molar-refractivity contribution < 1.29 is 58.1 Å². The molecule has 3 aliphatic carbocycles. The average Bonchev–Trinajstić information content (AvgIpc) is 2.98. The molecule has 7 rings (SSSR count). The van der Waals surface area contributed by atoms with Crippen LogP contribution in [0.4, 0.5) is 11.4 Å². The van der Waals surface area contributed by atoms with Crippen LogP contribution < -0.4 is 5.32 Å². The van der Waals surface area contributed by atoms with Gasteiger partial charge in [0.15, 0.2) is 23.1 Å². The van der Waals surface area contributed by atoms with E-state index in [4.69, 9.17) is 0 Å². The van der Waals surface area contributed by atoms with E-state index in [1.807, 2.05) is 0 Å². The predicted molar refractivity (Wildman–Crippen MR) is 163 cm³/mol. The Hall–Kier alpha value is -4.50. The van der Waals surface area contributed by atoms with Gasteiger partial charge in [0, 0.05) is 27.8 Å². The van der Waals surface area contributed by atoms with Crippen LogP contribution in [0.2, 0.25) is 0 Å². The maximum absolute atomic E-state index is 14.1. The summed E-state index contributed by atoms with van der Waals surface area (Å²) in [5, 5.41) is 3.01. The normalized spacial score (nSPS) is 18.4. The van der Waals surface area contributed by atoms with E-state index in [-0.39, 0.29) is 39.4 Å². The van der Waals surface area contributed by atoms with Crippen LogP contribution >= 0.6 is 15.9 Å². The minimum atomic E-state index is -5.97. The number of benzene rings is 3. The minimum absolute atomic E-state index is 0.0142. The van der Waals surface area contributed by atoms with Gasteiger partial charge in [0.2, 0.25) is 0 Å². The monoisotopic (exact) mass is 760 g/mol. The molecule has 1 unspecified atom stereocenters. The number of Topliss-reactive ketones (excluding diaryl/α,β-unsaturated/α-hetero) is 2. The molecule has 4 N–H and O–H groups in total. The van der Waals surface area contributed by atoms with Crippen molar-refractivity contribution in [3.63, 3.8) is 0 Å². The molecule has 4 aliphatic rings. The SMILES string of the molecule is O=C1C2=C(C(=O)c3ccccc31)C1Nc3ccc4c(c3N=C1C=C2)C(=O)c1c(c(Br)c(S(=O)(=O)O)c(S(=O)(=O)O)c1S(=O)(=O)O)C4=O. The highest BCUT2D eigenvalue weighted by molar-refractivity contribution is 9.10. The van der Waals surface area contributed by atoms with Crippen molar-refractivity contribution in [2.45, 2.75) is 20.7 Å². The largest absolute Gasteiger partial charge is 0.371 e. The number of hydrogen-bond donors (Lipinski definition) is 4. The second kappa shape index (κ2) is 9.76. The van der Waals surface area contributed by atoms with E-state index in [0.717, 1.165) is 6.07 Å². The zero-order valence-electron chi connectivity index (χ0n) is 22.7. The zero-order valence-corrected chi connectivity index (χ0v) is 26.7. The summed E-state index contributed by atoms with van der Waals surface area (Å²) in [4.78, 5) is 53.3. The maximum Gasteiger partial charge on any atom is 0.297 e. The Morgan fingerprint density at radius 2 is 1.23 bits per heavy atom. The third-order valence-electron chi connectivity index (χ3n) is 7.93. The molecular formula is C28H13BrN2O13S3. The molecule has 0 saturated heterocycles. The smallest absolute Gasteiger partial charge is 0.297 e. The van der Waals surface area contributed by atoms with Gasteiger partial charge in [-0.1, -0.05) is 24.3 Å². The third kappa shape index (κ3) is 4.31. The number of hydrogen-bond acceptors (Lipinski definition) is 12. The van der Waals surface area contributed by atoms with Gasteiger partial charge in [0.1, 0.15) is 14.7 Å². The summed E-state index contributed by atoms with van der Waals surface area (Å²) < 4.78 is 103. The Kier molecular flexibility index (Phi) is 6.46. The van der Waals surface area contributed by atoms with E-state index in [0.29, 0.717) is 0 Å². The van der Waals surface area contributed by atoms with Crippen LogP contribution in [0, 0.1) is 0 Å².